The number of alkyl halides is 3. The second-order valence-electron chi connectivity index (χ2n) is 5.53. The third-order valence-corrected chi connectivity index (χ3v) is 3.81. The van der Waals surface area contributed by atoms with Gasteiger partial charge in [0.25, 0.3) is 0 Å². The summed E-state index contributed by atoms with van der Waals surface area (Å²) in [4.78, 5) is 17.9. The number of rotatable bonds is 4. The van der Waals surface area contributed by atoms with Crippen LogP contribution in [0.1, 0.15) is 22.8 Å². The van der Waals surface area contributed by atoms with Gasteiger partial charge in [-0.15, -0.1) is 5.10 Å². The molecule has 0 atom stereocenters. The first-order chi connectivity index (χ1) is 12.4. The molecule has 0 saturated carbocycles. The summed E-state index contributed by atoms with van der Waals surface area (Å²) in [6.45, 7) is 3.97. The van der Waals surface area contributed by atoms with E-state index in [0.29, 0.717) is 32.1 Å². The minimum absolute atomic E-state index is 0.169. The lowest BCUT2D eigenvalue weighted by Gasteiger charge is -2.27. The number of hydrogen-bond donors (Lipinski definition) is 0. The number of anilines is 1. The van der Waals surface area contributed by atoms with Gasteiger partial charge in [0.1, 0.15) is 5.56 Å². The fraction of sp³-hybridized carbons (Fsp3) is 0.438. The quantitative estimate of drug-likeness (QED) is 0.770. The number of esters is 1. The molecule has 1 aliphatic heterocycles. The molecule has 0 aromatic carbocycles. The number of ether oxygens (including phenoxy) is 2. The highest BCUT2D eigenvalue weighted by atomic mass is 19.4. The summed E-state index contributed by atoms with van der Waals surface area (Å²) in [5, 5.41) is 4.34. The Labute approximate surface area is 147 Å². The van der Waals surface area contributed by atoms with Crippen LogP contribution >= 0.6 is 0 Å². The Morgan fingerprint density at radius 3 is 2.62 bits per heavy atom. The summed E-state index contributed by atoms with van der Waals surface area (Å²) in [5.74, 6) is 0.0173. The summed E-state index contributed by atoms with van der Waals surface area (Å²) in [5.41, 5.74) is -0.622. The molecule has 26 heavy (non-hydrogen) atoms. The molecule has 140 valence electrons. The van der Waals surface area contributed by atoms with Crippen LogP contribution in [0.5, 0.6) is 0 Å². The lowest BCUT2D eigenvalue weighted by molar-refractivity contribution is -0.137. The van der Waals surface area contributed by atoms with Gasteiger partial charge in [-0.2, -0.15) is 13.2 Å². The van der Waals surface area contributed by atoms with Crippen molar-refractivity contribution in [1.82, 2.24) is 14.8 Å². The number of morpholine rings is 1. The summed E-state index contributed by atoms with van der Waals surface area (Å²) in [7, 11) is 0. The third-order valence-electron chi connectivity index (χ3n) is 3.81. The maximum atomic E-state index is 12.7. The number of halogens is 3. The smallest absolute Gasteiger partial charge is 0.417 e. The molecule has 0 radical (unpaired) electrons. The molecule has 3 heterocycles. The van der Waals surface area contributed by atoms with Crippen LogP contribution in [0.15, 0.2) is 24.5 Å². The van der Waals surface area contributed by atoms with E-state index in [1.165, 1.54) is 16.9 Å². The number of aromatic nitrogens is 3. The summed E-state index contributed by atoms with van der Waals surface area (Å²) >= 11 is 0. The number of pyridine rings is 1. The fourth-order valence-electron chi connectivity index (χ4n) is 2.53. The highest BCUT2D eigenvalue weighted by Crippen LogP contribution is 2.29. The molecular formula is C16H17F3N4O3. The van der Waals surface area contributed by atoms with Crippen molar-refractivity contribution in [2.45, 2.75) is 13.1 Å². The monoisotopic (exact) mass is 370 g/mol. The standard InChI is InChI=1S/C16H17F3N4O3/c1-2-26-15(24)12-10-23(21-14(12)22-5-7-25-8-6-22)13-4-3-11(9-20-13)16(17,18)19/h3-4,9-10H,2,5-8H2,1H3. The highest BCUT2D eigenvalue weighted by Gasteiger charge is 2.31. The number of carbonyl (C=O) groups is 1. The molecule has 2 aromatic rings. The van der Waals surface area contributed by atoms with Crippen molar-refractivity contribution < 1.29 is 27.4 Å². The molecular weight excluding hydrogens is 353 g/mol. The molecule has 7 nitrogen and oxygen atoms in total. The van der Waals surface area contributed by atoms with E-state index in [2.05, 4.69) is 10.1 Å². The summed E-state index contributed by atoms with van der Waals surface area (Å²) < 4.78 is 49.7. The van der Waals surface area contributed by atoms with Crippen LogP contribution in [-0.4, -0.2) is 53.6 Å². The second-order valence-corrected chi connectivity index (χ2v) is 5.53. The van der Waals surface area contributed by atoms with Crippen LogP contribution in [0.3, 0.4) is 0 Å². The first-order valence-corrected chi connectivity index (χ1v) is 8.03. The molecule has 10 heteroatoms. The Balaban J connectivity index is 1.95. The van der Waals surface area contributed by atoms with Crippen LogP contribution in [0.25, 0.3) is 5.82 Å². The van der Waals surface area contributed by atoms with E-state index in [1.807, 2.05) is 4.90 Å². The molecule has 0 spiro atoms. The molecule has 1 fully saturated rings. The van der Waals surface area contributed by atoms with Gasteiger partial charge in [-0.25, -0.2) is 14.5 Å². The van der Waals surface area contributed by atoms with Gasteiger partial charge in [-0.3, -0.25) is 0 Å². The van der Waals surface area contributed by atoms with E-state index in [9.17, 15) is 18.0 Å². The lowest BCUT2D eigenvalue weighted by Crippen LogP contribution is -2.37. The first kappa shape index (κ1) is 18.2. The van der Waals surface area contributed by atoms with E-state index >= 15 is 0 Å². The second kappa shape index (κ2) is 7.32. The van der Waals surface area contributed by atoms with Crippen LogP contribution in [0.2, 0.25) is 0 Å². The Morgan fingerprint density at radius 2 is 2.04 bits per heavy atom. The van der Waals surface area contributed by atoms with Crippen LogP contribution in [0, 0.1) is 0 Å². The van der Waals surface area contributed by atoms with Gasteiger partial charge in [0.05, 0.1) is 25.4 Å². The van der Waals surface area contributed by atoms with Crippen molar-refractivity contribution in [1.29, 1.82) is 0 Å². The minimum atomic E-state index is -4.47. The van der Waals surface area contributed by atoms with Crippen molar-refractivity contribution in [3.8, 4) is 5.82 Å². The van der Waals surface area contributed by atoms with Crippen molar-refractivity contribution in [3.63, 3.8) is 0 Å². The molecule has 1 aliphatic rings. The average Bonchev–Trinajstić information content (AvgIpc) is 3.07. The van der Waals surface area contributed by atoms with Gasteiger partial charge in [-0.05, 0) is 19.1 Å². The van der Waals surface area contributed by atoms with E-state index in [0.717, 1.165) is 12.3 Å². The van der Waals surface area contributed by atoms with Crippen LogP contribution in [-0.2, 0) is 15.7 Å². The zero-order valence-electron chi connectivity index (χ0n) is 14.0. The molecule has 0 bridgehead atoms. The van der Waals surface area contributed by atoms with Gasteiger partial charge >= 0.3 is 12.1 Å². The molecule has 0 unspecified atom stereocenters. The summed E-state index contributed by atoms with van der Waals surface area (Å²) in [6, 6.07) is 2.12. The Morgan fingerprint density at radius 1 is 1.31 bits per heavy atom. The van der Waals surface area contributed by atoms with E-state index < -0.39 is 17.7 Å². The van der Waals surface area contributed by atoms with Gasteiger partial charge in [0.15, 0.2) is 11.6 Å². The zero-order chi connectivity index (χ0) is 18.7. The number of carbonyl (C=O) groups excluding carboxylic acids is 1. The third kappa shape index (κ3) is 3.79. The Bertz CT molecular complexity index is 768. The minimum Gasteiger partial charge on any atom is -0.462 e. The largest absolute Gasteiger partial charge is 0.462 e. The molecule has 0 N–H and O–H groups in total. The van der Waals surface area contributed by atoms with E-state index in [-0.39, 0.29) is 18.0 Å². The van der Waals surface area contributed by atoms with Crippen molar-refractivity contribution >= 4 is 11.8 Å². The normalized spacial score (nSPS) is 15.2. The van der Waals surface area contributed by atoms with Gasteiger partial charge in [-0.1, -0.05) is 0 Å². The van der Waals surface area contributed by atoms with Crippen molar-refractivity contribution in [2.75, 3.05) is 37.8 Å². The van der Waals surface area contributed by atoms with Crippen molar-refractivity contribution in [2.24, 2.45) is 0 Å². The number of hydrogen-bond acceptors (Lipinski definition) is 6. The Kier molecular flexibility index (Phi) is 5.12. The predicted octanol–water partition coefficient (Wildman–Crippen LogP) is 2.30. The zero-order valence-corrected chi connectivity index (χ0v) is 14.0. The van der Waals surface area contributed by atoms with Crippen molar-refractivity contribution in [3.05, 3.63) is 35.7 Å². The van der Waals surface area contributed by atoms with Gasteiger partial charge in [0.2, 0.25) is 0 Å². The maximum absolute atomic E-state index is 12.7. The van der Waals surface area contributed by atoms with Crippen LogP contribution in [0.4, 0.5) is 19.0 Å². The fourth-order valence-corrected chi connectivity index (χ4v) is 2.53. The van der Waals surface area contributed by atoms with Gasteiger partial charge < -0.3 is 14.4 Å². The first-order valence-electron chi connectivity index (χ1n) is 8.03. The molecule has 0 amide bonds. The SMILES string of the molecule is CCOC(=O)c1cn(-c2ccc(C(F)(F)F)cn2)nc1N1CCOCC1. The molecule has 3 rings (SSSR count). The average molecular weight is 370 g/mol. The molecule has 0 aliphatic carbocycles. The topological polar surface area (TPSA) is 69.5 Å². The van der Waals surface area contributed by atoms with E-state index in [1.54, 1.807) is 6.92 Å². The summed E-state index contributed by atoms with van der Waals surface area (Å²) in [6.07, 6.45) is -2.32. The maximum Gasteiger partial charge on any atom is 0.417 e. The highest BCUT2D eigenvalue weighted by molar-refractivity contribution is 5.94. The number of nitrogens with zero attached hydrogens (tertiary/aromatic N) is 4. The molecule has 1 saturated heterocycles. The Hall–Kier alpha value is -2.62. The van der Waals surface area contributed by atoms with E-state index in [4.69, 9.17) is 9.47 Å². The lowest BCUT2D eigenvalue weighted by atomic mass is 10.3. The van der Waals surface area contributed by atoms with Gasteiger partial charge in [0, 0.05) is 25.5 Å². The van der Waals surface area contributed by atoms with Crippen LogP contribution < -0.4 is 4.90 Å². The predicted molar refractivity (Wildman–Crippen MR) is 85.3 cm³/mol. The molecule has 2 aromatic heterocycles.